The maximum absolute atomic E-state index is 12.0. The van der Waals surface area contributed by atoms with Gasteiger partial charge in [0, 0.05) is 41.7 Å². The van der Waals surface area contributed by atoms with Gasteiger partial charge in [0.15, 0.2) is 0 Å². The summed E-state index contributed by atoms with van der Waals surface area (Å²) in [7, 11) is 1.62. The first-order valence-electron chi connectivity index (χ1n) is 8.77. The highest BCUT2D eigenvalue weighted by atomic mass is 16.6. The molecule has 0 radical (unpaired) electrons. The number of H-pyrrole nitrogens is 1. The van der Waals surface area contributed by atoms with Gasteiger partial charge in [-0.1, -0.05) is 6.92 Å². The van der Waals surface area contributed by atoms with Crippen molar-refractivity contribution in [2.75, 3.05) is 13.7 Å². The van der Waals surface area contributed by atoms with Crippen LogP contribution in [0.5, 0.6) is 5.75 Å². The number of nitro benzene ring substituents is 1. The Bertz CT molecular complexity index is 981. The van der Waals surface area contributed by atoms with E-state index in [1.807, 2.05) is 31.3 Å². The van der Waals surface area contributed by atoms with E-state index in [2.05, 4.69) is 10.3 Å². The summed E-state index contributed by atoms with van der Waals surface area (Å²) in [5.41, 5.74) is 2.75. The summed E-state index contributed by atoms with van der Waals surface area (Å²) in [5, 5.41) is 14.4. The summed E-state index contributed by atoms with van der Waals surface area (Å²) < 4.78 is 10.5. The van der Waals surface area contributed by atoms with Gasteiger partial charge < -0.3 is 19.8 Å². The first kappa shape index (κ1) is 19.2. The third-order valence-corrected chi connectivity index (χ3v) is 4.52. The molecule has 1 atom stereocenters. The Morgan fingerprint density at radius 1 is 1.25 bits per heavy atom. The molecular formula is C20H21N3O5. The first-order valence-corrected chi connectivity index (χ1v) is 8.77. The van der Waals surface area contributed by atoms with E-state index < -0.39 is 11.0 Å². The van der Waals surface area contributed by atoms with Crippen LogP contribution in [0, 0.1) is 10.1 Å². The number of non-ortho nitro benzene ring substituents is 1. The highest BCUT2D eigenvalue weighted by Crippen LogP contribution is 2.28. The van der Waals surface area contributed by atoms with Gasteiger partial charge in [0.05, 0.1) is 12.0 Å². The molecular weight excluding hydrogens is 362 g/mol. The lowest BCUT2D eigenvalue weighted by atomic mass is 10.0. The molecule has 3 aromatic rings. The summed E-state index contributed by atoms with van der Waals surface area (Å²) in [4.78, 5) is 25.4. The molecule has 0 fully saturated rings. The number of methoxy groups -OCH3 is 1. The van der Waals surface area contributed by atoms with Crippen LogP contribution in [0.25, 0.3) is 10.9 Å². The molecule has 28 heavy (non-hydrogen) atoms. The Hall–Kier alpha value is -3.55. The van der Waals surface area contributed by atoms with Crippen molar-refractivity contribution in [1.29, 1.82) is 0 Å². The molecule has 8 heteroatoms. The molecule has 1 aromatic heterocycles. The molecule has 3 rings (SSSR count). The lowest BCUT2D eigenvalue weighted by Gasteiger charge is -2.13. The fourth-order valence-corrected chi connectivity index (χ4v) is 2.92. The van der Waals surface area contributed by atoms with E-state index in [4.69, 9.17) is 9.47 Å². The molecule has 2 N–H and O–H groups in total. The number of carbonyl (C=O) groups is 1. The number of alkyl carbamates (subject to hydrolysis) is 1. The Labute approximate surface area is 161 Å². The van der Waals surface area contributed by atoms with Gasteiger partial charge in [-0.2, -0.15) is 0 Å². The van der Waals surface area contributed by atoms with E-state index in [1.165, 1.54) is 12.1 Å². The molecule has 0 spiro atoms. The lowest BCUT2D eigenvalue weighted by molar-refractivity contribution is -0.384. The number of nitrogens with one attached hydrogen (secondary N) is 2. The van der Waals surface area contributed by atoms with Gasteiger partial charge in [0.1, 0.15) is 12.4 Å². The van der Waals surface area contributed by atoms with Crippen LogP contribution >= 0.6 is 0 Å². The van der Waals surface area contributed by atoms with Gasteiger partial charge in [-0.25, -0.2) is 4.79 Å². The van der Waals surface area contributed by atoms with Crippen LogP contribution in [0.1, 0.15) is 24.0 Å². The minimum Gasteiger partial charge on any atom is -0.497 e. The number of aromatic amines is 1. The largest absolute Gasteiger partial charge is 0.497 e. The first-order chi connectivity index (χ1) is 13.5. The number of hydrogen-bond donors (Lipinski definition) is 2. The predicted molar refractivity (Wildman–Crippen MR) is 105 cm³/mol. The Balaban J connectivity index is 1.53. The van der Waals surface area contributed by atoms with E-state index in [0.29, 0.717) is 12.1 Å². The highest BCUT2D eigenvalue weighted by Gasteiger charge is 2.14. The second-order valence-electron chi connectivity index (χ2n) is 6.44. The topological polar surface area (TPSA) is 106 Å². The third-order valence-electron chi connectivity index (χ3n) is 4.52. The molecule has 146 valence electrons. The van der Waals surface area contributed by atoms with Crippen molar-refractivity contribution in [2.45, 2.75) is 19.4 Å². The van der Waals surface area contributed by atoms with Gasteiger partial charge >= 0.3 is 6.09 Å². The van der Waals surface area contributed by atoms with Crippen molar-refractivity contribution in [3.63, 3.8) is 0 Å². The molecule has 0 aliphatic carbocycles. The van der Waals surface area contributed by atoms with Crippen LogP contribution in [-0.2, 0) is 11.3 Å². The number of amides is 1. The fraction of sp³-hybridized carbons (Fsp3) is 0.250. The summed E-state index contributed by atoms with van der Waals surface area (Å²) in [5.74, 6) is 0.837. The van der Waals surface area contributed by atoms with Gasteiger partial charge in [-0.05, 0) is 41.5 Å². The number of nitro groups is 1. The third kappa shape index (κ3) is 4.40. The molecule has 0 bridgehead atoms. The van der Waals surface area contributed by atoms with Crippen molar-refractivity contribution >= 4 is 22.7 Å². The van der Waals surface area contributed by atoms with E-state index in [1.54, 1.807) is 19.2 Å². The zero-order valence-corrected chi connectivity index (χ0v) is 15.6. The minimum absolute atomic E-state index is 0.00242. The van der Waals surface area contributed by atoms with Crippen LogP contribution in [0.3, 0.4) is 0 Å². The van der Waals surface area contributed by atoms with Crippen LogP contribution in [0.4, 0.5) is 10.5 Å². The van der Waals surface area contributed by atoms with Crippen LogP contribution in [-0.4, -0.2) is 29.7 Å². The summed E-state index contributed by atoms with van der Waals surface area (Å²) in [6.07, 6.45) is 1.39. The number of rotatable bonds is 7. The highest BCUT2D eigenvalue weighted by molar-refractivity contribution is 5.85. The molecule has 0 aliphatic heterocycles. The van der Waals surface area contributed by atoms with Crippen molar-refractivity contribution in [3.8, 4) is 5.75 Å². The number of aromatic nitrogens is 1. The van der Waals surface area contributed by atoms with Gasteiger partial charge in [0.25, 0.3) is 5.69 Å². The van der Waals surface area contributed by atoms with E-state index >= 15 is 0 Å². The van der Waals surface area contributed by atoms with Gasteiger partial charge in [-0.15, -0.1) is 0 Å². The zero-order chi connectivity index (χ0) is 20.1. The summed E-state index contributed by atoms with van der Waals surface area (Å²) in [6, 6.07) is 11.7. The molecule has 1 heterocycles. The number of fused-ring (bicyclic) bond motifs is 1. The molecule has 0 saturated heterocycles. The molecule has 2 aromatic carbocycles. The number of ether oxygens (including phenoxy) is 2. The van der Waals surface area contributed by atoms with Gasteiger partial charge in [-0.3, -0.25) is 10.1 Å². The number of nitrogens with zero attached hydrogens (tertiary/aromatic N) is 1. The van der Waals surface area contributed by atoms with Crippen molar-refractivity contribution in [3.05, 3.63) is 69.9 Å². The molecule has 1 amide bonds. The Morgan fingerprint density at radius 2 is 2.00 bits per heavy atom. The summed E-state index contributed by atoms with van der Waals surface area (Å²) in [6.45, 7) is 2.46. The van der Waals surface area contributed by atoms with Crippen molar-refractivity contribution in [1.82, 2.24) is 10.3 Å². The Morgan fingerprint density at radius 3 is 2.68 bits per heavy atom. The monoisotopic (exact) mass is 383 g/mol. The second-order valence-corrected chi connectivity index (χ2v) is 6.44. The quantitative estimate of drug-likeness (QED) is 0.472. The summed E-state index contributed by atoms with van der Waals surface area (Å²) >= 11 is 0. The number of carbonyl (C=O) groups excluding carboxylic acids is 1. The normalized spacial score (nSPS) is 11.8. The standard InChI is InChI=1S/C20H21N3O5/c1-13(18-11-21-19-8-7-16(27-2)9-17(18)19)10-22-20(24)28-12-14-3-5-15(6-4-14)23(25)26/h3-9,11,13,21H,10,12H2,1-2H3,(H,22,24)/t13-/m1/s1. The fourth-order valence-electron chi connectivity index (χ4n) is 2.92. The van der Waals surface area contributed by atoms with Crippen molar-refractivity contribution < 1.29 is 19.2 Å². The lowest BCUT2D eigenvalue weighted by Crippen LogP contribution is -2.28. The molecule has 0 saturated carbocycles. The number of hydrogen-bond acceptors (Lipinski definition) is 5. The second kappa shape index (κ2) is 8.43. The van der Waals surface area contributed by atoms with Gasteiger partial charge in [0.2, 0.25) is 0 Å². The molecule has 0 aliphatic rings. The minimum atomic E-state index is -0.539. The maximum atomic E-state index is 12.0. The van der Waals surface area contributed by atoms with E-state index in [0.717, 1.165) is 22.2 Å². The van der Waals surface area contributed by atoms with Crippen molar-refractivity contribution in [2.24, 2.45) is 0 Å². The smallest absolute Gasteiger partial charge is 0.407 e. The maximum Gasteiger partial charge on any atom is 0.407 e. The molecule has 8 nitrogen and oxygen atoms in total. The molecule has 0 unspecified atom stereocenters. The number of benzene rings is 2. The predicted octanol–water partition coefficient (Wildman–Crippen LogP) is 4.11. The average molecular weight is 383 g/mol. The Kier molecular flexibility index (Phi) is 5.78. The van der Waals surface area contributed by atoms with E-state index in [9.17, 15) is 14.9 Å². The SMILES string of the molecule is COc1ccc2[nH]cc([C@H](C)CNC(=O)OCc3ccc([N+](=O)[O-])cc3)c2c1. The van der Waals surface area contributed by atoms with Crippen LogP contribution < -0.4 is 10.1 Å². The average Bonchev–Trinajstić information content (AvgIpc) is 3.13. The van der Waals surface area contributed by atoms with Crippen LogP contribution in [0.2, 0.25) is 0 Å². The van der Waals surface area contributed by atoms with Crippen LogP contribution in [0.15, 0.2) is 48.7 Å². The zero-order valence-electron chi connectivity index (χ0n) is 15.6. The van der Waals surface area contributed by atoms with E-state index in [-0.39, 0.29) is 18.2 Å².